The molecule has 0 fully saturated rings. The van der Waals surface area contributed by atoms with Gasteiger partial charge in [0.2, 0.25) is 0 Å². The van der Waals surface area contributed by atoms with E-state index in [0.717, 1.165) is 11.0 Å². The van der Waals surface area contributed by atoms with Crippen LogP contribution >= 0.6 is 0 Å². The molecule has 0 rings (SSSR count). The summed E-state index contributed by atoms with van der Waals surface area (Å²) >= 11 is 0. The predicted octanol–water partition coefficient (Wildman–Crippen LogP) is 7.10. The summed E-state index contributed by atoms with van der Waals surface area (Å²) in [5.74, 6) is 0. The number of rotatable bonds is 21. The van der Waals surface area contributed by atoms with Gasteiger partial charge >= 0.3 is 0 Å². The number of aliphatic hydroxyl groups is 1. The Morgan fingerprint density at radius 1 is 0.462 bits per heavy atom. The molecular weight excluding hydrogens is 318 g/mol. The number of hydrogen-bond donors (Lipinski definition) is 1. The fraction of sp³-hybridized carbons (Fsp3) is 1.00. The molecule has 0 aromatic carbocycles. The number of aliphatic hydroxyl groups excluding tert-OH is 1. The zero-order chi connectivity index (χ0) is 19.3. The molecule has 0 aliphatic carbocycles. The van der Waals surface area contributed by atoms with Crippen molar-refractivity contribution in [3.63, 3.8) is 0 Å². The summed E-state index contributed by atoms with van der Waals surface area (Å²) in [6, 6.07) is 0. The van der Waals surface area contributed by atoms with E-state index in [-0.39, 0.29) is 0 Å². The zero-order valence-electron chi connectivity index (χ0n) is 18.7. The molecule has 2 nitrogen and oxygen atoms in total. The van der Waals surface area contributed by atoms with Crippen LogP contribution in [0.1, 0.15) is 124 Å². The third kappa shape index (κ3) is 15.0. The Morgan fingerprint density at radius 3 is 1.12 bits per heavy atom. The number of quaternary nitrogens is 1. The number of likely N-dealkylation sites (N-methyl/N-ethyl adjacent to an activating group) is 1. The highest BCUT2D eigenvalue weighted by Crippen LogP contribution is 2.16. The average Bonchev–Trinajstić information content (AvgIpc) is 2.66. The third-order valence-corrected chi connectivity index (χ3v) is 6.22. The van der Waals surface area contributed by atoms with E-state index >= 15 is 0 Å². The van der Waals surface area contributed by atoms with Gasteiger partial charge in [-0.15, -0.1) is 0 Å². The van der Waals surface area contributed by atoms with Crippen LogP contribution in [0.15, 0.2) is 0 Å². The van der Waals surface area contributed by atoms with Gasteiger partial charge in [0, 0.05) is 0 Å². The van der Waals surface area contributed by atoms with Crippen molar-refractivity contribution in [1.82, 2.24) is 0 Å². The summed E-state index contributed by atoms with van der Waals surface area (Å²) in [6.07, 6.45) is 22.3. The lowest BCUT2D eigenvalue weighted by atomic mass is 10.1. The van der Waals surface area contributed by atoms with Gasteiger partial charge in [-0.2, -0.15) is 0 Å². The minimum Gasteiger partial charge on any atom is -0.391 e. The molecule has 0 saturated heterocycles. The first kappa shape index (κ1) is 25.9. The Balaban J connectivity index is 3.85. The first-order valence-electron chi connectivity index (χ1n) is 12.2. The van der Waals surface area contributed by atoms with Crippen LogP contribution in [0, 0.1) is 0 Å². The van der Waals surface area contributed by atoms with Crippen LogP contribution in [0.2, 0.25) is 0 Å². The van der Waals surface area contributed by atoms with E-state index in [1.165, 1.54) is 122 Å². The van der Waals surface area contributed by atoms with E-state index in [9.17, 15) is 5.11 Å². The second-order valence-corrected chi connectivity index (χ2v) is 8.50. The highest BCUT2D eigenvalue weighted by Gasteiger charge is 2.23. The van der Waals surface area contributed by atoms with Crippen LogP contribution in [0.3, 0.4) is 0 Å². The summed E-state index contributed by atoms with van der Waals surface area (Å²) in [6.45, 7) is 12.0. The monoisotopic (exact) mass is 370 g/mol. The Labute approximate surface area is 166 Å². The summed E-state index contributed by atoms with van der Waals surface area (Å²) in [7, 11) is 0. The first-order valence-corrected chi connectivity index (χ1v) is 12.2. The van der Waals surface area contributed by atoms with Crippen LogP contribution < -0.4 is 0 Å². The molecule has 0 aromatic rings. The SMILES string of the molecule is CCCCCCCCCC[N+](CC)(CCO)CCCCCCCCCC. The molecule has 0 heterocycles. The molecule has 0 bridgehead atoms. The standard InChI is InChI=1S/C24H52NO/c1-4-7-9-11-13-15-17-19-21-25(6-3,23-24-26)22-20-18-16-14-12-10-8-5-2/h26H,4-24H2,1-3H3/q+1. The maximum Gasteiger partial charge on any atom is 0.102 e. The highest BCUT2D eigenvalue weighted by molar-refractivity contribution is 4.51. The van der Waals surface area contributed by atoms with Crippen molar-refractivity contribution in [2.45, 2.75) is 124 Å². The summed E-state index contributed by atoms with van der Waals surface area (Å²) in [4.78, 5) is 0. The van der Waals surface area contributed by atoms with Gasteiger partial charge in [0.1, 0.15) is 6.54 Å². The summed E-state index contributed by atoms with van der Waals surface area (Å²) < 4.78 is 1.15. The molecule has 2 heteroatoms. The number of nitrogens with zero attached hydrogens (tertiary/aromatic N) is 1. The fourth-order valence-electron chi connectivity index (χ4n) is 4.18. The Hall–Kier alpha value is -0.0800. The Morgan fingerprint density at radius 2 is 0.808 bits per heavy atom. The lowest BCUT2D eigenvalue weighted by Crippen LogP contribution is -2.51. The number of hydrogen-bond acceptors (Lipinski definition) is 1. The van der Waals surface area contributed by atoms with Gasteiger partial charge in [-0.25, -0.2) is 0 Å². The molecule has 0 aliphatic rings. The van der Waals surface area contributed by atoms with Crippen molar-refractivity contribution < 1.29 is 9.59 Å². The molecule has 0 unspecified atom stereocenters. The lowest BCUT2D eigenvalue weighted by molar-refractivity contribution is -0.927. The van der Waals surface area contributed by atoms with Crippen LogP contribution in [-0.2, 0) is 0 Å². The van der Waals surface area contributed by atoms with Gasteiger partial charge in [0.15, 0.2) is 0 Å². The van der Waals surface area contributed by atoms with Crippen molar-refractivity contribution in [2.24, 2.45) is 0 Å². The van der Waals surface area contributed by atoms with E-state index < -0.39 is 0 Å². The predicted molar refractivity (Wildman–Crippen MR) is 118 cm³/mol. The van der Waals surface area contributed by atoms with Crippen LogP contribution in [-0.4, -0.2) is 42.4 Å². The largest absolute Gasteiger partial charge is 0.391 e. The van der Waals surface area contributed by atoms with Crippen LogP contribution in [0.4, 0.5) is 0 Å². The van der Waals surface area contributed by atoms with Gasteiger partial charge in [0.05, 0.1) is 26.2 Å². The van der Waals surface area contributed by atoms with Crippen molar-refractivity contribution in [2.75, 3.05) is 32.8 Å². The van der Waals surface area contributed by atoms with Gasteiger partial charge < -0.3 is 9.59 Å². The molecule has 0 atom stereocenters. The number of unbranched alkanes of at least 4 members (excludes halogenated alkanes) is 14. The molecule has 0 aromatic heterocycles. The molecular formula is C24H52NO+. The molecule has 1 N–H and O–H groups in total. The lowest BCUT2D eigenvalue weighted by Gasteiger charge is -2.37. The van der Waals surface area contributed by atoms with Gasteiger partial charge in [-0.3, -0.25) is 0 Å². The summed E-state index contributed by atoms with van der Waals surface area (Å²) in [5.41, 5.74) is 0. The second kappa shape index (κ2) is 19.7. The zero-order valence-corrected chi connectivity index (χ0v) is 18.7. The van der Waals surface area contributed by atoms with E-state index in [1.807, 2.05) is 0 Å². The van der Waals surface area contributed by atoms with Crippen LogP contribution in [0.25, 0.3) is 0 Å². The normalized spacial score (nSPS) is 12.0. The molecule has 0 saturated carbocycles. The second-order valence-electron chi connectivity index (χ2n) is 8.50. The van der Waals surface area contributed by atoms with Gasteiger partial charge in [-0.1, -0.05) is 90.9 Å². The Kier molecular flexibility index (Phi) is 19.6. The molecule has 0 spiro atoms. The topological polar surface area (TPSA) is 20.2 Å². The Bertz CT molecular complexity index is 247. The van der Waals surface area contributed by atoms with E-state index in [4.69, 9.17) is 0 Å². The minimum absolute atomic E-state index is 0.349. The van der Waals surface area contributed by atoms with E-state index in [1.54, 1.807) is 0 Å². The van der Waals surface area contributed by atoms with Gasteiger partial charge in [0.25, 0.3) is 0 Å². The van der Waals surface area contributed by atoms with Crippen LogP contribution in [0.5, 0.6) is 0 Å². The highest BCUT2D eigenvalue weighted by atomic mass is 16.3. The van der Waals surface area contributed by atoms with Crippen molar-refractivity contribution in [3.05, 3.63) is 0 Å². The summed E-state index contributed by atoms with van der Waals surface area (Å²) in [5, 5.41) is 9.56. The van der Waals surface area contributed by atoms with E-state index in [2.05, 4.69) is 20.8 Å². The molecule has 0 radical (unpaired) electrons. The van der Waals surface area contributed by atoms with Crippen molar-refractivity contribution in [1.29, 1.82) is 0 Å². The molecule has 0 amide bonds. The minimum atomic E-state index is 0.349. The molecule has 158 valence electrons. The third-order valence-electron chi connectivity index (χ3n) is 6.22. The first-order chi connectivity index (χ1) is 12.7. The van der Waals surface area contributed by atoms with Crippen molar-refractivity contribution in [3.8, 4) is 0 Å². The fourth-order valence-corrected chi connectivity index (χ4v) is 4.18. The van der Waals surface area contributed by atoms with Crippen molar-refractivity contribution >= 4 is 0 Å². The van der Waals surface area contributed by atoms with E-state index in [0.29, 0.717) is 6.61 Å². The maximum atomic E-state index is 9.56. The smallest absolute Gasteiger partial charge is 0.102 e. The molecule has 26 heavy (non-hydrogen) atoms. The van der Waals surface area contributed by atoms with Gasteiger partial charge in [-0.05, 0) is 32.6 Å². The molecule has 0 aliphatic heterocycles. The quantitative estimate of drug-likeness (QED) is 0.169. The maximum absolute atomic E-state index is 9.56. The average molecular weight is 371 g/mol.